The average molecular weight is 463 g/mol. The van der Waals surface area contributed by atoms with Gasteiger partial charge in [0, 0.05) is 41.2 Å². The van der Waals surface area contributed by atoms with Crippen LogP contribution in [-0.4, -0.2) is 40.9 Å². The van der Waals surface area contributed by atoms with E-state index >= 15 is 0 Å². The molecule has 4 amide bonds. The predicted molar refractivity (Wildman–Crippen MR) is 118 cm³/mol. The molecule has 2 aliphatic heterocycles. The van der Waals surface area contributed by atoms with E-state index in [1.54, 1.807) is 18.0 Å². The van der Waals surface area contributed by atoms with Gasteiger partial charge >= 0.3 is 6.03 Å². The van der Waals surface area contributed by atoms with Crippen molar-refractivity contribution in [2.75, 3.05) is 11.9 Å². The Balaban J connectivity index is 1.41. The summed E-state index contributed by atoms with van der Waals surface area (Å²) >= 11 is 7.63. The van der Waals surface area contributed by atoms with Gasteiger partial charge < -0.3 is 10.4 Å². The lowest BCUT2D eigenvalue weighted by Gasteiger charge is -2.31. The number of amides is 4. The van der Waals surface area contributed by atoms with Crippen molar-refractivity contribution in [3.8, 4) is 0 Å². The van der Waals surface area contributed by atoms with E-state index < -0.39 is 12.3 Å². The lowest BCUT2D eigenvalue weighted by molar-refractivity contribution is -0.141. The molecule has 0 saturated carbocycles. The van der Waals surface area contributed by atoms with Crippen molar-refractivity contribution < 1.29 is 19.5 Å². The van der Waals surface area contributed by atoms with Crippen molar-refractivity contribution in [3.05, 3.63) is 50.2 Å². The molecule has 2 unspecified atom stereocenters. The van der Waals surface area contributed by atoms with Crippen LogP contribution in [0.15, 0.2) is 23.6 Å². The zero-order chi connectivity index (χ0) is 22.3. The smallest absolute Gasteiger partial charge is 0.321 e. The molecule has 8 nitrogen and oxygen atoms in total. The number of imide groups is 1. The Hall–Kier alpha value is -2.46. The topological polar surface area (TPSA) is 102 Å². The van der Waals surface area contributed by atoms with Crippen LogP contribution in [-0.2, 0) is 22.7 Å². The van der Waals surface area contributed by atoms with Gasteiger partial charge in [0.2, 0.25) is 11.8 Å². The molecular formula is C21H23ClN4O4S. The van der Waals surface area contributed by atoms with Crippen LogP contribution in [0, 0.1) is 6.92 Å². The Morgan fingerprint density at radius 2 is 2.19 bits per heavy atom. The van der Waals surface area contributed by atoms with Crippen molar-refractivity contribution in [1.29, 1.82) is 0 Å². The second-order valence-corrected chi connectivity index (χ2v) is 9.13. The predicted octanol–water partition coefficient (Wildman–Crippen LogP) is 2.67. The number of aliphatic hydroxyl groups is 1. The first-order valence-electron chi connectivity index (χ1n) is 9.90. The number of aliphatic hydroxyl groups excluding tert-OH is 1. The van der Waals surface area contributed by atoms with Crippen LogP contribution < -0.4 is 15.5 Å². The summed E-state index contributed by atoms with van der Waals surface area (Å²) in [5.74, 6) is -0.663. The van der Waals surface area contributed by atoms with Gasteiger partial charge in [-0.2, -0.15) is 0 Å². The van der Waals surface area contributed by atoms with Crippen LogP contribution in [0.3, 0.4) is 0 Å². The first kappa shape index (κ1) is 21.8. The standard InChI is InChI=1S/C21H23ClN4O4S/c1-11-3-4-12(7-15(11)22)25(2)21(30)23-8-17-13-9-26(20(29)14(13)10-31-17)16-5-6-18(27)24-19(16)28/h3-4,7,10,16,20,29H,5-6,8-9H2,1-2H3,(H,23,30)(H,24,27,28). The molecule has 2 aliphatic rings. The molecule has 4 rings (SSSR count). The zero-order valence-corrected chi connectivity index (χ0v) is 18.7. The molecule has 1 aromatic heterocycles. The van der Waals surface area contributed by atoms with Crippen molar-refractivity contribution >= 4 is 46.5 Å². The highest BCUT2D eigenvalue weighted by atomic mass is 35.5. The number of halogens is 1. The maximum Gasteiger partial charge on any atom is 0.321 e. The zero-order valence-electron chi connectivity index (χ0n) is 17.1. The van der Waals surface area contributed by atoms with Gasteiger partial charge in [0.05, 0.1) is 12.6 Å². The lowest BCUT2D eigenvalue weighted by atomic mass is 10.0. The summed E-state index contributed by atoms with van der Waals surface area (Å²) < 4.78 is 0. The van der Waals surface area contributed by atoms with E-state index in [9.17, 15) is 19.5 Å². The second-order valence-electron chi connectivity index (χ2n) is 7.76. The first-order chi connectivity index (χ1) is 14.8. The molecule has 0 radical (unpaired) electrons. The number of piperidine rings is 1. The number of urea groups is 1. The summed E-state index contributed by atoms with van der Waals surface area (Å²) in [5, 5.41) is 18.4. The van der Waals surface area contributed by atoms with E-state index in [0.29, 0.717) is 30.2 Å². The average Bonchev–Trinajstić information content (AvgIpc) is 3.28. The number of anilines is 1. The minimum Gasteiger partial charge on any atom is -0.374 e. The SMILES string of the molecule is Cc1ccc(N(C)C(=O)NCc2scc3c2CN(C2CCC(=O)NC2=O)C3O)cc1Cl. The van der Waals surface area contributed by atoms with Gasteiger partial charge in [0.15, 0.2) is 0 Å². The van der Waals surface area contributed by atoms with E-state index in [4.69, 9.17) is 11.6 Å². The fraction of sp³-hybridized carbons (Fsp3) is 0.381. The number of nitrogens with one attached hydrogen (secondary N) is 2. The van der Waals surface area contributed by atoms with Gasteiger partial charge in [-0.25, -0.2) is 4.79 Å². The van der Waals surface area contributed by atoms with Gasteiger partial charge in [-0.15, -0.1) is 11.3 Å². The Morgan fingerprint density at radius 3 is 2.90 bits per heavy atom. The van der Waals surface area contributed by atoms with Gasteiger partial charge in [-0.05, 0) is 42.0 Å². The molecule has 1 fully saturated rings. The number of carbonyl (C=O) groups excluding carboxylic acids is 3. The van der Waals surface area contributed by atoms with Gasteiger partial charge in [-0.1, -0.05) is 17.7 Å². The van der Waals surface area contributed by atoms with Crippen LogP contribution >= 0.6 is 22.9 Å². The maximum atomic E-state index is 12.6. The molecule has 3 heterocycles. The van der Waals surface area contributed by atoms with Crippen LogP contribution in [0.2, 0.25) is 5.02 Å². The Bertz CT molecular complexity index is 1060. The van der Waals surface area contributed by atoms with Crippen molar-refractivity contribution in [1.82, 2.24) is 15.5 Å². The highest BCUT2D eigenvalue weighted by Gasteiger charge is 2.41. The molecule has 1 saturated heterocycles. The second kappa shape index (κ2) is 8.58. The largest absolute Gasteiger partial charge is 0.374 e. The highest BCUT2D eigenvalue weighted by molar-refractivity contribution is 7.10. The molecule has 164 valence electrons. The fourth-order valence-electron chi connectivity index (χ4n) is 3.89. The molecule has 3 N–H and O–H groups in total. The molecule has 10 heteroatoms. The molecule has 1 aromatic carbocycles. The van der Waals surface area contributed by atoms with Gasteiger partial charge in [-0.3, -0.25) is 24.7 Å². The van der Waals surface area contributed by atoms with E-state index in [1.165, 1.54) is 16.2 Å². The Labute approximate surface area is 188 Å². The number of nitrogens with zero attached hydrogens (tertiary/aromatic N) is 2. The van der Waals surface area contributed by atoms with Crippen molar-refractivity contribution in [2.24, 2.45) is 0 Å². The van der Waals surface area contributed by atoms with Gasteiger partial charge in [0.25, 0.3) is 0 Å². The molecule has 0 bridgehead atoms. The number of benzene rings is 1. The number of rotatable bonds is 4. The summed E-state index contributed by atoms with van der Waals surface area (Å²) in [6.07, 6.45) is -0.270. The third-order valence-electron chi connectivity index (χ3n) is 5.80. The highest BCUT2D eigenvalue weighted by Crippen LogP contribution is 2.40. The molecular weight excluding hydrogens is 440 g/mol. The summed E-state index contributed by atoms with van der Waals surface area (Å²) in [6.45, 7) is 2.59. The molecule has 2 atom stereocenters. The van der Waals surface area contributed by atoms with Crippen LogP contribution in [0.1, 0.15) is 40.6 Å². The Morgan fingerprint density at radius 1 is 1.42 bits per heavy atom. The molecule has 31 heavy (non-hydrogen) atoms. The van der Waals surface area contributed by atoms with Crippen molar-refractivity contribution in [2.45, 2.75) is 45.1 Å². The van der Waals surface area contributed by atoms with Crippen LogP contribution in [0.25, 0.3) is 0 Å². The molecule has 2 aromatic rings. The van der Waals surface area contributed by atoms with E-state index in [-0.39, 0.29) is 24.3 Å². The normalized spacial score (nSPS) is 21.0. The van der Waals surface area contributed by atoms with Crippen LogP contribution in [0.4, 0.5) is 10.5 Å². The lowest BCUT2D eigenvalue weighted by Crippen LogP contribution is -2.51. The monoisotopic (exact) mass is 462 g/mol. The van der Waals surface area contributed by atoms with E-state index in [2.05, 4.69) is 10.6 Å². The third kappa shape index (κ3) is 4.18. The number of thiophene rings is 1. The number of fused-ring (bicyclic) bond motifs is 1. The minimum atomic E-state index is -0.906. The summed E-state index contributed by atoms with van der Waals surface area (Å²) in [7, 11) is 1.67. The Kier molecular flexibility index (Phi) is 6.02. The summed E-state index contributed by atoms with van der Waals surface area (Å²) in [4.78, 5) is 40.4. The van der Waals surface area contributed by atoms with Crippen molar-refractivity contribution in [3.63, 3.8) is 0 Å². The van der Waals surface area contributed by atoms with Gasteiger partial charge in [0.1, 0.15) is 6.23 Å². The number of hydrogen-bond donors (Lipinski definition) is 3. The van der Waals surface area contributed by atoms with Crippen LogP contribution in [0.5, 0.6) is 0 Å². The quantitative estimate of drug-likeness (QED) is 0.606. The summed E-state index contributed by atoms with van der Waals surface area (Å²) in [6, 6.07) is 4.61. The number of aryl methyl sites for hydroxylation is 1. The summed E-state index contributed by atoms with van der Waals surface area (Å²) in [5.41, 5.74) is 3.29. The maximum absolute atomic E-state index is 12.6. The third-order valence-corrected chi connectivity index (χ3v) is 7.26. The van der Waals surface area contributed by atoms with E-state index in [1.807, 2.05) is 24.4 Å². The minimum absolute atomic E-state index is 0.255. The number of carbonyl (C=O) groups is 3. The first-order valence-corrected chi connectivity index (χ1v) is 11.2. The fourth-order valence-corrected chi connectivity index (χ4v) is 5.08. The van der Waals surface area contributed by atoms with E-state index in [0.717, 1.165) is 21.6 Å². The molecule has 0 aliphatic carbocycles. The molecule has 0 spiro atoms. The number of hydrogen-bond acceptors (Lipinski definition) is 6.